The van der Waals surface area contributed by atoms with Crippen LogP contribution in [0.3, 0.4) is 0 Å². The van der Waals surface area contributed by atoms with Crippen LogP contribution in [0.5, 0.6) is 5.75 Å². The van der Waals surface area contributed by atoms with Gasteiger partial charge in [0, 0.05) is 6.42 Å². The van der Waals surface area contributed by atoms with Gasteiger partial charge in [-0.15, -0.1) is 0 Å². The Kier molecular flexibility index (Phi) is 4.67. The minimum atomic E-state index is -0.694. The number of halogens is 2. The van der Waals surface area contributed by atoms with Gasteiger partial charge in [0.25, 0.3) is 0 Å². The predicted molar refractivity (Wildman–Crippen MR) is 71.2 cm³/mol. The molecule has 0 aliphatic rings. The van der Waals surface area contributed by atoms with Gasteiger partial charge in [0.05, 0.1) is 0 Å². The summed E-state index contributed by atoms with van der Waals surface area (Å²) in [5.41, 5.74) is 0.551. The molecule has 2 nitrogen and oxygen atoms in total. The first kappa shape index (κ1) is 14.0. The van der Waals surface area contributed by atoms with E-state index in [1.54, 1.807) is 18.2 Å². The molecule has 102 valence electrons. The second kappa shape index (κ2) is 6.67. The molecule has 0 spiro atoms. The number of rotatable bonds is 5. The van der Waals surface area contributed by atoms with Crippen LogP contribution in [0.15, 0.2) is 48.5 Å². The Labute approximate surface area is 116 Å². The van der Waals surface area contributed by atoms with Gasteiger partial charge in [0.2, 0.25) is 0 Å². The van der Waals surface area contributed by atoms with Crippen LogP contribution < -0.4 is 4.74 Å². The maximum atomic E-state index is 13.4. The molecule has 0 heterocycles. The molecule has 1 atom stereocenters. The van der Waals surface area contributed by atoms with Gasteiger partial charge in [-0.1, -0.05) is 18.2 Å². The first-order valence-corrected chi connectivity index (χ1v) is 6.24. The Morgan fingerprint density at radius 3 is 2.40 bits per heavy atom. The van der Waals surface area contributed by atoms with Gasteiger partial charge < -0.3 is 4.74 Å². The first-order chi connectivity index (χ1) is 9.69. The second-order valence-corrected chi connectivity index (χ2v) is 4.32. The van der Waals surface area contributed by atoms with Crippen LogP contribution in [-0.4, -0.2) is 6.10 Å². The Balaban J connectivity index is 1.95. The number of hydrogen-bond donors (Lipinski definition) is 0. The predicted octanol–water partition coefficient (Wildman–Crippen LogP) is 3.87. The summed E-state index contributed by atoms with van der Waals surface area (Å²) in [6.07, 6.45) is 0.0843. The van der Waals surface area contributed by atoms with E-state index in [0.717, 1.165) is 0 Å². The van der Waals surface area contributed by atoms with Gasteiger partial charge in [0.1, 0.15) is 23.5 Å². The summed E-state index contributed by atoms with van der Waals surface area (Å²) < 4.78 is 31.6. The van der Waals surface area contributed by atoms with E-state index in [-0.39, 0.29) is 11.6 Å². The van der Waals surface area contributed by atoms with E-state index in [9.17, 15) is 8.78 Å². The molecular weight excluding hydrogens is 260 g/mol. The van der Waals surface area contributed by atoms with Gasteiger partial charge in [-0.25, -0.2) is 8.78 Å². The molecule has 0 aromatic heterocycles. The zero-order chi connectivity index (χ0) is 14.4. The van der Waals surface area contributed by atoms with Crippen molar-refractivity contribution in [3.63, 3.8) is 0 Å². The standard InChI is InChI=1S/C16H13F2NO/c17-13-6-9-14(10-7-13)20-15(11-19)8-5-12-3-1-2-4-16(12)18/h1-4,6-7,9-10,15H,5,8H2. The molecule has 0 bridgehead atoms. The number of nitrogens with zero attached hydrogens (tertiary/aromatic N) is 1. The Morgan fingerprint density at radius 2 is 1.75 bits per heavy atom. The Hall–Kier alpha value is -2.41. The maximum absolute atomic E-state index is 13.4. The maximum Gasteiger partial charge on any atom is 0.184 e. The van der Waals surface area contributed by atoms with Crippen molar-refractivity contribution in [2.75, 3.05) is 0 Å². The summed E-state index contributed by atoms with van der Waals surface area (Å²) in [5, 5.41) is 9.05. The summed E-state index contributed by atoms with van der Waals surface area (Å²) in [6, 6.07) is 13.9. The van der Waals surface area contributed by atoms with Crippen molar-refractivity contribution in [3.05, 3.63) is 65.7 Å². The molecule has 0 amide bonds. The highest BCUT2D eigenvalue weighted by Crippen LogP contribution is 2.16. The third-order valence-corrected chi connectivity index (χ3v) is 2.87. The highest BCUT2D eigenvalue weighted by molar-refractivity contribution is 5.23. The van der Waals surface area contributed by atoms with Crippen molar-refractivity contribution in [3.8, 4) is 11.8 Å². The molecule has 0 fully saturated rings. The highest BCUT2D eigenvalue weighted by atomic mass is 19.1. The van der Waals surface area contributed by atoms with Crippen LogP contribution in [0, 0.1) is 23.0 Å². The summed E-state index contributed by atoms with van der Waals surface area (Å²) in [4.78, 5) is 0. The van der Waals surface area contributed by atoms with Crippen molar-refractivity contribution in [1.82, 2.24) is 0 Å². The van der Waals surface area contributed by atoms with Crippen LogP contribution in [-0.2, 0) is 6.42 Å². The van der Waals surface area contributed by atoms with E-state index in [2.05, 4.69) is 0 Å². The molecule has 2 rings (SSSR count). The second-order valence-electron chi connectivity index (χ2n) is 4.32. The average molecular weight is 273 g/mol. The summed E-state index contributed by atoms with van der Waals surface area (Å²) in [6.45, 7) is 0. The fourth-order valence-corrected chi connectivity index (χ4v) is 1.81. The third-order valence-electron chi connectivity index (χ3n) is 2.87. The molecular formula is C16H13F2NO. The fourth-order valence-electron chi connectivity index (χ4n) is 1.81. The van der Waals surface area contributed by atoms with Gasteiger partial charge in [-0.05, 0) is 42.3 Å². The largest absolute Gasteiger partial charge is 0.476 e. The van der Waals surface area contributed by atoms with E-state index >= 15 is 0 Å². The molecule has 2 aromatic rings. The van der Waals surface area contributed by atoms with Crippen LogP contribution in [0.2, 0.25) is 0 Å². The lowest BCUT2D eigenvalue weighted by Gasteiger charge is -2.12. The van der Waals surface area contributed by atoms with E-state index in [1.807, 2.05) is 6.07 Å². The molecule has 0 radical (unpaired) electrons. The molecule has 20 heavy (non-hydrogen) atoms. The van der Waals surface area contributed by atoms with Crippen LogP contribution in [0.1, 0.15) is 12.0 Å². The lowest BCUT2D eigenvalue weighted by molar-refractivity contribution is 0.245. The number of nitriles is 1. The Morgan fingerprint density at radius 1 is 1.05 bits per heavy atom. The zero-order valence-corrected chi connectivity index (χ0v) is 10.7. The van der Waals surface area contributed by atoms with E-state index in [1.165, 1.54) is 30.3 Å². The first-order valence-electron chi connectivity index (χ1n) is 6.24. The quantitative estimate of drug-likeness (QED) is 0.828. The van der Waals surface area contributed by atoms with Crippen molar-refractivity contribution in [2.45, 2.75) is 18.9 Å². The van der Waals surface area contributed by atoms with Crippen molar-refractivity contribution in [2.24, 2.45) is 0 Å². The zero-order valence-electron chi connectivity index (χ0n) is 10.7. The topological polar surface area (TPSA) is 33.0 Å². The SMILES string of the molecule is N#CC(CCc1ccccc1F)Oc1ccc(F)cc1. The summed E-state index contributed by atoms with van der Waals surface area (Å²) in [7, 11) is 0. The van der Waals surface area contributed by atoms with Crippen LogP contribution in [0.25, 0.3) is 0 Å². The van der Waals surface area contributed by atoms with Gasteiger partial charge in [0.15, 0.2) is 6.10 Å². The lowest BCUT2D eigenvalue weighted by atomic mass is 10.1. The van der Waals surface area contributed by atoms with E-state index in [4.69, 9.17) is 10.00 Å². The Bertz CT molecular complexity index is 605. The summed E-state index contributed by atoms with van der Waals surface area (Å²) >= 11 is 0. The van der Waals surface area contributed by atoms with E-state index < -0.39 is 6.10 Å². The number of hydrogen-bond acceptors (Lipinski definition) is 2. The molecule has 0 N–H and O–H groups in total. The van der Waals surface area contributed by atoms with Crippen LogP contribution in [0.4, 0.5) is 8.78 Å². The lowest BCUT2D eigenvalue weighted by Crippen LogP contribution is -2.15. The minimum Gasteiger partial charge on any atom is -0.476 e. The molecule has 4 heteroatoms. The molecule has 0 saturated carbocycles. The van der Waals surface area contributed by atoms with Crippen molar-refractivity contribution >= 4 is 0 Å². The van der Waals surface area contributed by atoms with Crippen molar-refractivity contribution < 1.29 is 13.5 Å². The molecule has 2 aromatic carbocycles. The summed E-state index contributed by atoms with van der Waals surface area (Å²) in [5.74, 6) is -0.227. The van der Waals surface area contributed by atoms with Crippen molar-refractivity contribution in [1.29, 1.82) is 5.26 Å². The molecule has 0 aliphatic heterocycles. The number of benzene rings is 2. The van der Waals surface area contributed by atoms with Gasteiger partial charge in [-0.2, -0.15) is 5.26 Å². The molecule has 0 saturated heterocycles. The van der Waals surface area contributed by atoms with Gasteiger partial charge in [-0.3, -0.25) is 0 Å². The number of aryl methyl sites for hydroxylation is 1. The third kappa shape index (κ3) is 3.79. The highest BCUT2D eigenvalue weighted by Gasteiger charge is 2.11. The molecule has 0 aliphatic carbocycles. The minimum absolute atomic E-state index is 0.286. The average Bonchev–Trinajstić information content (AvgIpc) is 2.47. The smallest absolute Gasteiger partial charge is 0.184 e. The fraction of sp³-hybridized carbons (Fsp3) is 0.188. The van der Waals surface area contributed by atoms with Gasteiger partial charge >= 0.3 is 0 Å². The monoisotopic (exact) mass is 273 g/mol. The normalized spacial score (nSPS) is 11.7. The van der Waals surface area contributed by atoms with Crippen LogP contribution >= 0.6 is 0 Å². The number of ether oxygens (including phenoxy) is 1. The molecule has 1 unspecified atom stereocenters. The van der Waals surface area contributed by atoms with E-state index in [0.29, 0.717) is 24.2 Å².